The minimum absolute atomic E-state index is 0.0264. The van der Waals surface area contributed by atoms with Gasteiger partial charge in [-0.05, 0) is 19.8 Å². The Morgan fingerprint density at radius 2 is 2.11 bits per heavy atom. The van der Waals surface area contributed by atoms with Crippen molar-refractivity contribution in [3.05, 3.63) is 11.6 Å². The van der Waals surface area contributed by atoms with Crippen molar-refractivity contribution in [3.63, 3.8) is 0 Å². The number of esters is 1. The number of carbonyl (C=O) groups excluding carboxylic acids is 1. The SMILES string of the molecule is CC1=CC[C@@H](O)[C@]2(C)C[C@H](O)[C@@H]3[C@H](OC(=O)[C@H]3C)[C@H]12. The van der Waals surface area contributed by atoms with E-state index in [2.05, 4.69) is 0 Å². The summed E-state index contributed by atoms with van der Waals surface area (Å²) in [4.78, 5) is 11.8. The largest absolute Gasteiger partial charge is 0.461 e. The summed E-state index contributed by atoms with van der Waals surface area (Å²) in [5, 5.41) is 20.8. The Morgan fingerprint density at radius 3 is 2.79 bits per heavy atom. The van der Waals surface area contributed by atoms with Gasteiger partial charge in [0.2, 0.25) is 0 Å². The normalized spacial score (nSPS) is 53.1. The van der Waals surface area contributed by atoms with Gasteiger partial charge in [0.15, 0.2) is 0 Å². The molecule has 1 saturated carbocycles. The van der Waals surface area contributed by atoms with Crippen molar-refractivity contribution < 1.29 is 19.7 Å². The monoisotopic (exact) mass is 266 g/mol. The number of hydrogen-bond acceptors (Lipinski definition) is 4. The number of rotatable bonds is 0. The van der Waals surface area contributed by atoms with Crippen LogP contribution in [0.4, 0.5) is 0 Å². The lowest BCUT2D eigenvalue weighted by Crippen LogP contribution is -2.57. The van der Waals surface area contributed by atoms with Crippen molar-refractivity contribution >= 4 is 5.97 Å². The predicted molar refractivity (Wildman–Crippen MR) is 69.1 cm³/mol. The highest BCUT2D eigenvalue weighted by molar-refractivity contribution is 5.75. The maximum Gasteiger partial charge on any atom is 0.309 e. The number of ether oxygens (including phenoxy) is 1. The van der Waals surface area contributed by atoms with Crippen LogP contribution in [0, 0.1) is 23.2 Å². The van der Waals surface area contributed by atoms with E-state index in [1.165, 1.54) is 5.57 Å². The fourth-order valence-electron chi connectivity index (χ4n) is 4.51. The lowest BCUT2D eigenvalue weighted by molar-refractivity contribution is -0.157. The molecule has 0 aromatic carbocycles. The summed E-state index contributed by atoms with van der Waals surface area (Å²) >= 11 is 0. The van der Waals surface area contributed by atoms with Crippen LogP contribution in [0.1, 0.15) is 33.6 Å². The maximum atomic E-state index is 11.8. The molecule has 0 bridgehead atoms. The minimum Gasteiger partial charge on any atom is -0.461 e. The fourth-order valence-corrected chi connectivity index (χ4v) is 4.51. The van der Waals surface area contributed by atoms with Crippen LogP contribution >= 0.6 is 0 Å². The Labute approximate surface area is 113 Å². The van der Waals surface area contributed by atoms with Crippen LogP contribution in [0.25, 0.3) is 0 Å². The van der Waals surface area contributed by atoms with Gasteiger partial charge in [-0.3, -0.25) is 4.79 Å². The highest BCUT2D eigenvalue weighted by Crippen LogP contribution is 2.56. The molecule has 0 aromatic rings. The molecule has 7 atom stereocenters. The molecule has 0 aromatic heterocycles. The van der Waals surface area contributed by atoms with E-state index in [1.807, 2.05) is 26.8 Å². The third-order valence-electron chi connectivity index (χ3n) is 5.63. The first-order valence-corrected chi connectivity index (χ1v) is 7.09. The topological polar surface area (TPSA) is 66.8 Å². The van der Waals surface area contributed by atoms with Gasteiger partial charge >= 0.3 is 5.97 Å². The van der Waals surface area contributed by atoms with E-state index >= 15 is 0 Å². The Bertz CT molecular complexity index is 443. The average Bonchev–Trinajstić information content (AvgIpc) is 2.61. The van der Waals surface area contributed by atoms with Gasteiger partial charge in [0, 0.05) is 17.3 Å². The van der Waals surface area contributed by atoms with Gasteiger partial charge in [-0.1, -0.05) is 25.5 Å². The van der Waals surface area contributed by atoms with E-state index in [1.54, 1.807) is 0 Å². The van der Waals surface area contributed by atoms with Crippen LogP contribution in [0.2, 0.25) is 0 Å². The van der Waals surface area contributed by atoms with Gasteiger partial charge in [-0.15, -0.1) is 0 Å². The van der Waals surface area contributed by atoms with E-state index in [9.17, 15) is 15.0 Å². The smallest absolute Gasteiger partial charge is 0.309 e. The fraction of sp³-hybridized carbons (Fsp3) is 0.800. The molecule has 2 aliphatic carbocycles. The highest BCUT2D eigenvalue weighted by atomic mass is 16.6. The Balaban J connectivity index is 2.05. The Morgan fingerprint density at radius 1 is 1.42 bits per heavy atom. The zero-order valence-corrected chi connectivity index (χ0v) is 11.7. The molecule has 1 aliphatic heterocycles. The summed E-state index contributed by atoms with van der Waals surface area (Å²) in [6.07, 6.45) is 1.85. The van der Waals surface area contributed by atoms with Gasteiger partial charge in [0.05, 0.1) is 18.1 Å². The molecule has 4 heteroatoms. The summed E-state index contributed by atoms with van der Waals surface area (Å²) in [7, 11) is 0. The van der Waals surface area contributed by atoms with Gasteiger partial charge < -0.3 is 14.9 Å². The van der Waals surface area contributed by atoms with Gasteiger partial charge in [0.1, 0.15) is 6.10 Å². The van der Waals surface area contributed by atoms with E-state index in [4.69, 9.17) is 4.74 Å². The molecule has 0 radical (unpaired) electrons. The standard InChI is InChI=1S/C15H22O4/c1-7-4-5-10(17)15(3)6-9(16)11-8(2)14(18)19-13(11)12(7)15/h4,8-13,16-17H,5-6H2,1-3H3/t8-,9-,10+,11+,12-,13-,15-/m0/s1. The second kappa shape index (κ2) is 4.06. The first-order chi connectivity index (χ1) is 8.86. The molecule has 2 fully saturated rings. The van der Waals surface area contributed by atoms with Crippen molar-refractivity contribution in [2.45, 2.75) is 51.9 Å². The average molecular weight is 266 g/mol. The summed E-state index contributed by atoms with van der Waals surface area (Å²) in [6.45, 7) is 5.88. The summed E-state index contributed by atoms with van der Waals surface area (Å²) in [6, 6.07) is 0. The molecule has 1 heterocycles. The third-order valence-corrected chi connectivity index (χ3v) is 5.63. The second-order valence-electron chi connectivity index (χ2n) is 6.72. The molecule has 1 saturated heterocycles. The van der Waals surface area contributed by atoms with Crippen molar-refractivity contribution in [3.8, 4) is 0 Å². The maximum absolute atomic E-state index is 11.8. The molecule has 3 rings (SSSR count). The van der Waals surface area contributed by atoms with Crippen molar-refractivity contribution in [1.82, 2.24) is 0 Å². The molecule has 106 valence electrons. The molecule has 19 heavy (non-hydrogen) atoms. The van der Waals surface area contributed by atoms with E-state index < -0.39 is 17.6 Å². The predicted octanol–water partition coefficient (Wildman–Crippen LogP) is 1.26. The first-order valence-electron chi connectivity index (χ1n) is 7.09. The lowest BCUT2D eigenvalue weighted by atomic mass is 9.54. The molecule has 0 spiro atoms. The number of hydrogen-bond donors (Lipinski definition) is 2. The Hall–Kier alpha value is -0.870. The van der Waals surface area contributed by atoms with Gasteiger partial charge in [0.25, 0.3) is 0 Å². The van der Waals surface area contributed by atoms with Crippen LogP contribution in [0.15, 0.2) is 11.6 Å². The third kappa shape index (κ3) is 1.62. The van der Waals surface area contributed by atoms with Crippen LogP contribution in [0.3, 0.4) is 0 Å². The summed E-state index contributed by atoms with van der Waals surface area (Å²) in [5.74, 6) is -0.583. The van der Waals surface area contributed by atoms with Crippen molar-refractivity contribution in [2.75, 3.05) is 0 Å². The number of fused-ring (bicyclic) bond motifs is 3. The molecule has 4 nitrogen and oxygen atoms in total. The molecule has 0 amide bonds. The molecule has 2 N–H and O–H groups in total. The van der Waals surface area contributed by atoms with Gasteiger partial charge in [-0.25, -0.2) is 0 Å². The molecule has 0 unspecified atom stereocenters. The van der Waals surface area contributed by atoms with Crippen LogP contribution in [-0.2, 0) is 9.53 Å². The summed E-state index contributed by atoms with van der Waals surface area (Å²) in [5.41, 5.74) is 0.778. The number of aliphatic hydroxyl groups is 2. The van der Waals surface area contributed by atoms with Crippen LogP contribution < -0.4 is 0 Å². The lowest BCUT2D eigenvalue weighted by Gasteiger charge is -2.53. The molecular weight excluding hydrogens is 244 g/mol. The van der Waals surface area contributed by atoms with Gasteiger partial charge in [-0.2, -0.15) is 0 Å². The molecular formula is C15H22O4. The van der Waals surface area contributed by atoms with Crippen LogP contribution in [-0.4, -0.2) is 34.5 Å². The van der Waals surface area contributed by atoms with E-state index in [0.29, 0.717) is 12.8 Å². The number of carbonyl (C=O) groups is 1. The summed E-state index contributed by atoms with van der Waals surface area (Å²) < 4.78 is 5.55. The van der Waals surface area contributed by atoms with Crippen molar-refractivity contribution in [1.29, 1.82) is 0 Å². The quantitative estimate of drug-likeness (QED) is 0.512. The highest BCUT2D eigenvalue weighted by Gasteiger charge is 2.61. The number of aliphatic hydroxyl groups excluding tert-OH is 2. The van der Waals surface area contributed by atoms with Crippen molar-refractivity contribution in [2.24, 2.45) is 23.2 Å². The Kier molecular flexibility index (Phi) is 2.81. The molecule has 3 aliphatic rings. The first kappa shape index (κ1) is 13.1. The minimum atomic E-state index is -0.576. The van der Waals surface area contributed by atoms with E-state index in [0.717, 1.165) is 0 Å². The zero-order chi connectivity index (χ0) is 13.9. The van der Waals surface area contributed by atoms with E-state index in [-0.39, 0.29) is 29.8 Å². The zero-order valence-electron chi connectivity index (χ0n) is 11.7. The second-order valence-corrected chi connectivity index (χ2v) is 6.72. The van der Waals surface area contributed by atoms with Crippen LogP contribution in [0.5, 0.6) is 0 Å².